The van der Waals surface area contributed by atoms with Gasteiger partial charge in [-0.15, -0.1) is 0 Å². The van der Waals surface area contributed by atoms with Gasteiger partial charge in [0.25, 0.3) is 0 Å². The van der Waals surface area contributed by atoms with Crippen molar-refractivity contribution in [3.8, 4) is 23.1 Å². The van der Waals surface area contributed by atoms with Crippen molar-refractivity contribution in [1.29, 1.82) is 5.26 Å². The lowest BCUT2D eigenvalue weighted by molar-refractivity contribution is -0.0305. The number of hydrogen-bond donors (Lipinski definition) is 1. The summed E-state index contributed by atoms with van der Waals surface area (Å²) < 4.78 is 14.6. The van der Waals surface area contributed by atoms with Crippen LogP contribution in [0.1, 0.15) is 35.6 Å². The summed E-state index contributed by atoms with van der Waals surface area (Å²) in [5.74, 6) is 0.733. The standard InChI is InChI=1S/C28H27N5O2/c1-19(21-10-8-20(13-29)9-11-21)18-34-27(22-6-4-3-5-7-22)26-16-30-25-12-23(14-31-28(25)35-26)24-15-32-33(2)17-24/h3-12,14-15,17,19,26-27,30H,16,18H2,1-2H3/t19-,26+,27+/m1/s1. The van der Waals surface area contributed by atoms with Crippen molar-refractivity contribution in [2.45, 2.75) is 25.0 Å². The lowest BCUT2D eigenvalue weighted by Crippen LogP contribution is -2.38. The summed E-state index contributed by atoms with van der Waals surface area (Å²) in [6, 6.07) is 22.0. The molecule has 3 atom stereocenters. The number of anilines is 1. The summed E-state index contributed by atoms with van der Waals surface area (Å²) in [6.45, 7) is 3.24. The summed E-state index contributed by atoms with van der Waals surface area (Å²) in [7, 11) is 1.90. The summed E-state index contributed by atoms with van der Waals surface area (Å²) in [5.41, 5.74) is 5.70. The third-order valence-electron chi connectivity index (χ3n) is 6.25. The predicted octanol–water partition coefficient (Wildman–Crippen LogP) is 5.09. The Bertz CT molecular complexity index is 1330. The van der Waals surface area contributed by atoms with Crippen molar-refractivity contribution in [3.05, 3.63) is 95.9 Å². The molecule has 7 heteroatoms. The summed E-state index contributed by atoms with van der Waals surface area (Å²) in [6.07, 6.45) is 5.09. The Morgan fingerprint density at radius 1 is 1.11 bits per heavy atom. The van der Waals surface area contributed by atoms with Crippen LogP contribution in [0.5, 0.6) is 5.88 Å². The minimum atomic E-state index is -0.266. The third-order valence-corrected chi connectivity index (χ3v) is 6.25. The van der Waals surface area contributed by atoms with Gasteiger partial charge in [0, 0.05) is 36.5 Å². The first-order chi connectivity index (χ1) is 17.1. The van der Waals surface area contributed by atoms with Gasteiger partial charge in [-0.05, 0) is 29.3 Å². The molecule has 0 radical (unpaired) electrons. The zero-order chi connectivity index (χ0) is 24.2. The highest BCUT2D eigenvalue weighted by molar-refractivity contribution is 5.69. The van der Waals surface area contributed by atoms with E-state index in [1.165, 1.54) is 0 Å². The van der Waals surface area contributed by atoms with Gasteiger partial charge in [0.15, 0.2) is 0 Å². The van der Waals surface area contributed by atoms with Crippen LogP contribution in [0.25, 0.3) is 11.1 Å². The molecular formula is C28H27N5O2. The van der Waals surface area contributed by atoms with Crippen LogP contribution in [0.2, 0.25) is 0 Å². The van der Waals surface area contributed by atoms with Crippen LogP contribution in [0, 0.1) is 11.3 Å². The maximum absolute atomic E-state index is 9.05. The van der Waals surface area contributed by atoms with Gasteiger partial charge in [-0.2, -0.15) is 10.4 Å². The largest absolute Gasteiger partial charge is 0.468 e. The fourth-order valence-electron chi connectivity index (χ4n) is 4.26. The molecule has 35 heavy (non-hydrogen) atoms. The molecule has 0 aliphatic carbocycles. The van der Waals surface area contributed by atoms with Crippen LogP contribution < -0.4 is 10.1 Å². The summed E-state index contributed by atoms with van der Waals surface area (Å²) >= 11 is 0. The van der Waals surface area contributed by atoms with E-state index in [-0.39, 0.29) is 18.1 Å². The molecule has 0 amide bonds. The average Bonchev–Trinajstić information content (AvgIpc) is 3.35. The average molecular weight is 466 g/mol. The normalized spacial score (nSPS) is 16.3. The second-order valence-corrected chi connectivity index (χ2v) is 8.82. The summed E-state index contributed by atoms with van der Waals surface area (Å²) in [4.78, 5) is 4.59. The van der Waals surface area contributed by atoms with Crippen LogP contribution in [-0.4, -0.2) is 34.0 Å². The quantitative estimate of drug-likeness (QED) is 0.409. The van der Waals surface area contributed by atoms with E-state index in [1.807, 2.05) is 74.2 Å². The second kappa shape index (κ2) is 10.00. The molecule has 0 saturated heterocycles. The number of nitrogens with one attached hydrogen (secondary N) is 1. The van der Waals surface area contributed by atoms with Gasteiger partial charge in [-0.3, -0.25) is 4.68 Å². The number of rotatable bonds is 7. The molecule has 1 aliphatic rings. The van der Waals surface area contributed by atoms with E-state index in [2.05, 4.69) is 40.5 Å². The molecule has 1 N–H and O–H groups in total. The van der Waals surface area contributed by atoms with Gasteiger partial charge < -0.3 is 14.8 Å². The second-order valence-electron chi connectivity index (χ2n) is 8.82. The van der Waals surface area contributed by atoms with Crippen LogP contribution >= 0.6 is 0 Å². The fraction of sp³-hybridized carbons (Fsp3) is 0.250. The Labute approximate surface area is 205 Å². The predicted molar refractivity (Wildman–Crippen MR) is 134 cm³/mol. The molecular weight excluding hydrogens is 438 g/mol. The molecule has 4 aromatic rings. The number of aryl methyl sites for hydroxylation is 1. The van der Waals surface area contributed by atoms with Crippen molar-refractivity contribution >= 4 is 5.69 Å². The molecule has 1 aliphatic heterocycles. The van der Waals surface area contributed by atoms with Gasteiger partial charge in [-0.25, -0.2) is 4.98 Å². The molecule has 176 valence electrons. The number of nitriles is 1. The van der Waals surface area contributed by atoms with Crippen LogP contribution in [0.4, 0.5) is 5.69 Å². The van der Waals surface area contributed by atoms with Crippen molar-refractivity contribution < 1.29 is 9.47 Å². The lowest BCUT2D eigenvalue weighted by atomic mass is 9.99. The van der Waals surface area contributed by atoms with Gasteiger partial charge in [0.1, 0.15) is 12.2 Å². The molecule has 7 nitrogen and oxygen atoms in total. The Morgan fingerprint density at radius 2 is 1.91 bits per heavy atom. The molecule has 0 saturated carbocycles. The Morgan fingerprint density at radius 3 is 2.63 bits per heavy atom. The summed E-state index contributed by atoms with van der Waals surface area (Å²) in [5, 5.41) is 16.8. The van der Waals surface area contributed by atoms with Gasteiger partial charge in [-0.1, -0.05) is 49.4 Å². The highest BCUT2D eigenvalue weighted by Gasteiger charge is 2.31. The number of aromatic nitrogens is 3. The van der Waals surface area contributed by atoms with E-state index in [0.717, 1.165) is 27.9 Å². The smallest absolute Gasteiger partial charge is 0.237 e. The number of fused-ring (bicyclic) bond motifs is 1. The number of nitrogens with zero attached hydrogens (tertiary/aromatic N) is 4. The number of hydrogen-bond acceptors (Lipinski definition) is 6. The fourth-order valence-corrected chi connectivity index (χ4v) is 4.26. The monoisotopic (exact) mass is 465 g/mol. The van der Waals surface area contributed by atoms with E-state index in [9.17, 15) is 0 Å². The van der Waals surface area contributed by atoms with Crippen molar-refractivity contribution in [2.75, 3.05) is 18.5 Å². The SMILES string of the molecule is C[C@H](CO[C@@H](c1ccccc1)[C@@H]1CNc2cc(-c3cnn(C)c3)cnc2O1)c1ccc(C#N)cc1. The van der Waals surface area contributed by atoms with Crippen molar-refractivity contribution in [3.63, 3.8) is 0 Å². The first-order valence-corrected chi connectivity index (χ1v) is 11.7. The molecule has 0 bridgehead atoms. The minimum Gasteiger partial charge on any atom is -0.468 e. The highest BCUT2D eigenvalue weighted by Crippen LogP contribution is 2.35. The van der Waals surface area contributed by atoms with Gasteiger partial charge in [0.05, 0.1) is 36.7 Å². The maximum Gasteiger partial charge on any atom is 0.237 e. The zero-order valence-electron chi connectivity index (χ0n) is 19.8. The number of pyridine rings is 1. The van der Waals surface area contributed by atoms with Gasteiger partial charge >= 0.3 is 0 Å². The Hall–Kier alpha value is -4.15. The molecule has 5 rings (SSSR count). The molecule has 3 heterocycles. The molecule has 0 spiro atoms. The molecule has 2 aromatic heterocycles. The van der Waals surface area contributed by atoms with E-state index < -0.39 is 0 Å². The third kappa shape index (κ3) is 5.03. The maximum atomic E-state index is 9.05. The zero-order valence-corrected chi connectivity index (χ0v) is 19.8. The molecule has 0 fully saturated rings. The van der Waals surface area contributed by atoms with Crippen LogP contribution in [-0.2, 0) is 11.8 Å². The van der Waals surface area contributed by atoms with Crippen LogP contribution in [0.15, 0.2) is 79.3 Å². The van der Waals surface area contributed by atoms with E-state index >= 15 is 0 Å². The van der Waals surface area contributed by atoms with Crippen LogP contribution in [0.3, 0.4) is 0 Å². The van der Waals surface area contributed by atoms with E-state index in [1.54, 1.807) is 4.68 Å². The minimum absolute atomic E-state index is 0.165. The Kier molecular flexibility index (Phi) is 6.47. The molecule has 0 unspecified atom stereocenters. The van der Waals surface area contributed by atoms with E-state index in [0.29, 0.717) is 24.6 Å². The van der Waals surface area contributed by atoms with Gasteiger partial charge in [0.2, 0.25) is 5.88 Å². The topological polar surface area (TPSA) is 85.0 Å². The lowest BCUT2D eigenvalue weighted by Gasteiger charge is -2.33. The Balaban J connectivity index is 1.33. The number of benzene rings is 2. The number of ether oxygens (including phenoxy) is 2. The highest BCUT2D eigenvalue weighted by atomic mass is 16.5. The van der Waals surface area contributed by atoms with Crippen molar-refractivity contribution in [1.82, 2.24) is 14.8 Å². The first-order valence-electron chi connectivity index (χ1n) is 11.7. The van der Waals surface area contributed by atoms with Crippen molar-refractivity contribution in [2.24, 2.45) is 7.05 Å². The molecule has 2 aromatic carbocycles. The first kappa shape index (κ1) is 22.6. The van der Waals surface area contributed by atoms with E-state index in [4.69, 9.17) is 14.7 Å².